The van der Waals surface area contributed by atoms with Crippen molar-refractivity contribution in [2.75, 3.05) is 10.8 Å². The second kappa shape index (κ2) is 6.53. The first-order chi connectivity index (χ1) is 12.9. The molecule has 27 heavy (non-hydrogen) atoms. The van der Waals surface area contributed by atoms with Gasteiger partial charge in [-0.3, -0.25) is 8.99 Å². The number of anilines is 1. The molecule has 1 aliphatic rings. The predicted molar refractivity (Wildman–Crippen MR) is 103 cm³/mol. The van der Waals surface area contributed by atoms with E-state index in [2.05, 4.69) is 10.1 Å². The molecule has 3 heterocycles. The second-order valence-electron chi connectivity index (χ2n) is 6.85. The van der Waals surface area contributed by atoms with Crippen molar-refractivity contribution in [2.24, 2.45) is 0 Å². The molecule has 1 unspecified atom stereocenters. The van der Waals surface area contributed by atoms with Gasteiger partial charge in [-0.15, -0.1) is 0 Å². The van der Waals surface area contributed by atoms with Gasteiger partial charge in [-0.05, 0) is 38.8 Å². The molecule has 142 valence electrons. The van der Waals surface area contributed by atoms with Gasteiger partial charge in [0.05, 0.1) is 36.0 Å². The van der Waals surface area contributed by atoms with Crippen LogP contribution < -0.4 is 4.31 Å². The number of aryl methyl sites for hydroxylation is 2. The van der Waals surface area contributed by atoms with Crippen LogP contribution in [0.25, 0.3) is 0 Å². The van der Waals surface area contributed by atoms with E-state index in [4.69, 9.17) is 0 Å². The van der Waals surface area contributed by atoms with Crippen molar-refractivity contribution >= 4 is 15.7 Å². The lowest BCUT2D eigenvalue weighted by molar-refractivity contribution is 0.487. The fourth-order valence-corrected chi connectivity index (χ4v) is 5.84. The van der Waals surface area contributed by atoms with Gasteiger partial charge in [0, 0.05) is 18.9 Å². The van der Waals surface area contributed by atoms with Crippen molar-refractivity contribution in [3.05, 3.63) is 59.9 Å². The Morgan fingerprint density at radius 1 is 1.22 bits per heavy atom. The van der Waals surface area contributed by atoms with E-state index in [1.54, 1.807) is 24.1 Å². The summed E-state index contributed by atoms with van der Waals surface area (Å²) in [6, 6.07) is 7.71. The molecule has 0 amide bonds. The van der Waals surface area contributed by atoms with Crippen LogP contribution in [0.2, 0.25) is 0 Å². The van der Waals surface area contributed by atoms with Gasteiger partial charge in [0.2, 0.25) is 0 Å². The van der Waals surface area contributed by atoms with Crippen molar-refractivity contribution in [1.29, 1.82) is 0 Å². The maximum atomic E-state index is 13.7. The van der Waals surface area contributed by atoms with Crippen LogP contribution in [0.5, 0.6) is 0 Å². The highest BCUT2D eigenvalue weighted by Gasteiger charge is 2.36. The van der Waals surface area contributed by atoms with Gasteiger partial charge in [0.1, 0.15) is 4.90 Å². The predicted octanol–water partition coefficient (Wildman–Crippen LogP) is 2.71. The number of hydrogen-bond acceptors (Lipinski definition) is 4. The summed E-state index contributed by atoms with van der Waals surface area (Å²) in [5, 5.41) is 4.41. The Balaban J connectivity index is 1.85. The van der Waals surface area contributed by atoms with Gasteiger partial charge in [-0.2, -0.15) is 5.10 Å². The first-order valence-corrected chi connectivity index (χ1v) is 10.5. The summed E-state index contributed by atoms with van der Waals surface area (Å²) < 4.78 is 32.6. The van der Waals surface area contributed by atoms with E-state index < -0.39 is 10.0 Å². The third-order valence-corrected chi connectivity index (χ3v) is 7.23. The second-order valence-corrected chi connectivity index (χ2v) is 8.65. The Morgan fingerprint density at radius 2 is 2.00 bits per heavy atom. The highest BCUT2D eigenvalue weighted by atomic mass is 32.2. The van der Waals surface area contributed by atoms with Crippen LogP contribution in [0.1, 0.15) is 29.9 Å². The number of nitrogens with zero attached hydrogens (tertiary/aromatic N) is 5. The van der Waals surface area contributed by atoms with Crippen LogP contribution in [0, 0.1) is 13.8 Å². The van der Waals surface area contributed by atoms with Gasteiger partial charge in [0.15, 0.2) is 0 Å². The molecule has 3 aromatic rings. The Bertz CT molecular complexity index is 1070. The molecule has 0 saturated heterocycles. The quantitative estimate of drug-likeness (QED) is 0.692. The van der Waals surface area contributed by atoms with Gasteiger partial charge < -0.3 is 4.57 Å². The topological polar surface area (TPSA) is 73.0 Å². The lowest BCUT2D eigenvalue weighted by atomic mass is 10.00. The van der Waals surface area contributed by atoms with Gasteiger partial charge >= 0.3 is 0 Å². The highest BCUT2D eigenvalue weighted by molar-refractivity contribution is 7.93. The Labute approximate surface area is 159 Å². The van der Waals surface area contributed by atoms with Crippen molar-refractivity contribution in [1.82, 2.24) is 19.3 Å². The molecule has 0 saturated carbocycles. The maximum Gasteiger partial charge on any atom is 0.268 e. The van der Waals surface area contributed by atoms with Crippen LogP contribution in [0.15, 0.2) is 47.9 Å². The molecule has 1 aromatic carbocycles. The van der Waals surface area contributed by atoms with Crippen LogP contribution in [-0.2, 0) is 23.0 Å². The zero-order valence-electron chi connectivity index (χ0n) is 15.7. The Hall–Kier alpha value is -2.61. The summed E-state index contributed by atoms with van der Waals surface area (Å²) >= 11 is 0. The van der Waals surface area contributed by atoms with Crippen molar-refractivity contribution < 1.29 is 8.42 Å². The molecular formula is C19H23N5O2S. The Morgan fingerprint density at radius 3 is 2.67 bits per heavy atom. The van der Waals surface area contributed by atoms with E-state index in [0.29, 0.717) is 29.4 Å². The lowest BCUT2D eigenvalue weighted by Crippen LogP contribution is -2.41. The molecule has 1 atom stereocenters. The molecule has 0 bridgehead atoms. The molecule has 7 nitrogen and oxygen atoms in total. The van der Waals surface area contributed by atoms with E-state index in [9.17, 15) is 8.42 Å². The maximum absolute atomic E-state index is 13.7. The molecule has 1 aliphatic heterocycles. The van der Waals surface area contributed by atoms with E-state index in [0.717, 1.165) is 17.7 Å². The zero-order chi connectivity index (χ0) is 19.2. The average molecular weight is 385 g/mol. The first-order valence-electron chi connectivity index (χ1n) is 9.05. The van der Waals surface area contributed by atoms with Gasteiger partial charge in [-0.25, -0.2) is 13.4 Å². The number of aromatic nitrogens is 4. The summed E-state index contributed by atoms with van der Waals surface area (Å²) in [4.78, 5) is 4.43. The first kappa shape index (κ1) is 17.8. The summed E-state index contributed by atoms with van der Waals surface area (Å²) in [5.41, 5.74) is 2.98. The molecule has 2 aromatic heterocycles. The minimum atomic E-state index is -3.73. The monoisotopic (exact) mass is 385 g/mol. The van der Waals surface area contributed by atoms with E-state index in [1.165, 1.54) is 4.31 Å². The number of imidazole rings is 1. The smallest absolute Gasteiger partial charge is 0.268 e. The molecule has 0 spiro atoms. The largest absolute Gasteiger partial charge is 0.332 e. The van der Waals surface area contributed by atoms with Crippen LogP contribution in [0.3, 0.4) is 0 Å². The van der Waals surface area contributed by atoms with Crippen LogP contribution in [0.4, 0.5) is 5.69 Å². The summed E-state index contributed by atoms with van der Waals surface area (Å²) in [7, 11) is -3.73. The minimum Gasteiger partial charge on any atom is -0.332 e. The molecule has 4 rings (SSSR count). The number of hydrogen-bond donors (Lipinski definition) is 0. The standard InChI is InChI=1S/C19H23N5O2S/c1-4-23-15(3)19(14(2)21-23)27(25,26)24-12-17(22-10-9-20-13-22)11-16-7-5-6-8-18(16)24/h5-10,13,17H,4,11-12H2,1-3H3. The zero-order valence-corrected chi connectivity index (χ0v) is 16.5. The molecular weight excluding hydrogens is 362 g/mol. The summed E-state index contributed by atoms with van der Waals surface area (Å²) in [5.74, 6) is 0. The third-order valence-electron chi connectivity index (χ3n) is 5.20. The van der Waals surface area contributed by atoms with Crippen molar-refractivity contribution in [3.63, 3.8) is 0 Å². The SMILES string of the molecule is CCn1nc(C)c(S(=O)(=O)N2CC(n3ccnc3)Cc3ccccc32)c1C. The summed E-state index contributed by atoms with van der Waals surface area (Å²) in [6.07, 6.45) is 6.12. The van der Waals surface area contributed by atoms with Crippen molar-refractivity contribution in [2.45, 2.75) is 44.7 Å². The fraction of sp³-hybridized carbons (Fsp3) is 0.368. The number of benzene rings is 1. The number of sulfonamides is 1. The normalized spacial score (nSPS) is 17.1. The van der Waals surface area contributed by atoms with E-state index in [1.807, 2.05) is 48.9 Å². The van der Waals surface area contributed by atoms with Gasteiger partial charge in [-0.1, -0.05) is 18.2 Å². The lowest BCUT2D eigenvalue weighted by Gasteiger charge is -2.35. The molecule has 0 N–H and O–H groups in total. The molecule has 0 fully saturated rings. The molecule has 8 heteroatoms. The number of rotatable bonds is 4. The minimum absolute atomic E-state index is 0.000919. The highest BCUT2D eigenvalue weighted by Crippen LogP contribution is 2.37. The van der Waals surface area contributed by atoms with Gasteiger partial charge in [0.25, 0.3) is 10.0 Å². The third kappa shape index (κ3) is 2.84. The average Bonchev–Trinajstić information content (AvgIpc) is 3.28. The summed E-state index contributed by atoms with van der Waals surface area (Å²) in [6.45, 7) is 6.54. The Kier molecular flexibility index (Phi) is 4.30. The van der Waals surface area contributed by atoms with Crippen molar-refractivity contribution in [3.8, 4) is 0 Å². The fourth-order valence-electron chi connectivity index (χ4n) is 3.92. The van der Waals surface area contributed by atoms with Crippen LogP contribution in [-0.4, -0.2) is 34.3 Å². The molecule has 0 radical (unpaired) electrons. The number of fused-ring (bicyclic) bond motifs is 1. The van der Waals surface area contributed by atoms with E-state index in [-0.39, 0.29) is 6.04 Å². The number of para-hydroxylation sites is 1. The van der Waals surface area contributed by atoms with E-state index >= 15 is 0 Å². The molecule has 0 aliphatic carbocycles. The van der Waals surface area contributed by atoms with Crippen LogP contribution >= 0.6 is 0 Å².